The average Bonchev–Trinajstić information content (AvgIpc) is 3.20. The van der Waals surface area contributed by atoms with E-state index in [4.69, 9.17) is 4.74 Å². The smallest absolute Gasteiger partial charge is 0.203 e. The molecule has 1 unspecified atom stereocenters. The summed E-state index contributed by atoms with van der Waals surface area (Å²) in [5, 5.41) is 23.9. The van der Waals surface area contributed by atoms with E-state index in [1.165, 1.54) is 12.2 Å². The number of aliphatic hydroxyl groups excluding tert-OH is 1. The van der Waals surface area contributed by atoms with Crippen molar-refractivity contribution in [1.29, 1.82) is 0 Å². The van der Waals surface area contributed by atoms with Crippen LogP contribution in [0.4, 0.5) is 0 Å². The maximum Gasteiger partial charge on any atom is 0.203 e. The third kappa shape index (κ3) is 5.99. The van der Waals surface area contributed by atoms with Gasteiger partial charge < -0.3 is 9.84 Å². The first-order valence-corrected chi connectivity index (χ1v) is 11.7. The van der Waals surface area contributed by atoms with Crippen molar-refractivity contribution >= 4 is 15.9 Å². The van der Waals surface area contributed by atoms with Crippen LogP contribution in [0.15, 0.2) is 45.9 Å². The average molecular weight is 433 g/mol. The number of aromatic nitrogens is 4. The molecule has 0 amide bonds. The molecule has 0 saturated carbocycles. The second-order valence-electron chi connectivity index (χ2n) is 7.43. The van der Waals surface area contributed by atoms with Crippen LogP contribution in [0, 0.1) is 0 Å². The van der Waals surface area contributed by atoms with Crippen molar-refractivity contribution in [3.63, 3.8) is 0 Å². The lowest BCUT2D eigenvalue weighted by Crippen LogP contribution is -2.11. The molecule has 9 heteroatoms. The molecule has 0 fully saturated rings. The Kier molecular flexibility index (Phi) is 7.75. The lowest BCUT2D eigenvalue weighted by Gasteiger charge is -2.14. The Morgan fingerprint density at radius 3 is 2.73 bits per heavy atom. The molecule has 1 aliphatic heterocycles. The van der Waals surface area contributed by atoms with Crippen LogP contribution in [-0.4, -0.2) is 46.9 Å². The molecule has 2 N–H and O–H groups in total. The highest BCUT2D eigenvalue weighted by molar-refractivity contribution is 7.95. The van der Waals surface area contributed by atoms with Gasteiger partial charge in [0, 0.05) is 13.0 Å². The molecule has 0 saturated heterocycles. The SMILES string of the molecule is CC(CCCC1=CC(O)=Cc2ccccc2S1(=O)=O)OCCCCCc1nn[nH]n1. The van der Waals surface area contributed by atoms with Crippen LogP contribution in [-0.2, 0) is 21.0 Å². The van der Waals surface area contributed by atoms with E-state index >= 15 is 0 Å². The molecule has 0 aliphatic carbocycles. The number of aryl methyl sites for hydroxylation is 1. The zero-order valence-electron chi connectivity index (χ0n) is 17.1. The highest BCUT2D eigenvalue weighted by atomic mass is 32.2. The van der Waals surface area contributed by atoms with Crippen LogP contribution in [0.5, 0.6) is 0 Å². The second kappa shape index (κ2) is 10.5. The zero-order valence-corrected chi connectivity index (χ0v) is 17.9. The first kappa shape index (κ1) is 22.2. The van der Waals surface area contributed by atoms with Crippen LogP contribution < -0.4 is 0 Å². The molecule has 1 aromatic heterocycles. The minimum atomic E-state index is -3.60. The minimum absolute atomic E-state index is 0.0383. The zero-order chi connectivity index (χ0) is 21.4. The lowest BCUT2D eigenvalue weighted by molar-refractivity contribution is 0.0564. The summed E-state index contributed by atoms with van der Waals surface area (Å²) in [6.07, 6.45) is 8.47. The summed E-state index contributed by atoms with van der Waals surface area (Å²) in [6.45, 7) is 2.67. The van der Waals surface area contributed by atoms with E-state index in [1.54, 1.807) is 24.3 Å². The van der Waals surface area contributed by atoms with Crippen molar-refractivity contribution in [3.05, 3.63) is 52.4 Å². The van der Waals surface area contributed by atoms with Gasteiger partial charge in [-0.15, -0.1) is 10.2 Å². The van der Waals surface area contributed by atoms with Crippen LogP contribution in [0.3, 0.4) is 0 Å². The number of fused-ring (bicyclic) bond motifs is 1. The van der Waals surface area contributed by atoms with E-state index in [2.05, 4.69) is 20.6 Å². The molecule has 0 bridgehead atoms. The van der Waals surface area contributed by atoms with Crippen LogP contribution in [0.25, 0.3) is 6.08 Å². The fourth-order valence-electron chi connectivity index (χ4n) is 3.42. The van der Waals surface area contributed by atoms with Gasteiger partial charge in [0.2, 0.25) is 9.84 Å². The number of aromatic amines is 1. The molecular weight excluding hydrogens is 404 g/mol. The molecule has 2 aromatic rings. The largest absolute Gasteiger partial charge is 0.508 e. The number of allylic oxidation sites excluding steroid dienone is 2. The Bertz CT molecular complexity index is 984. The number of sulfone groups is 1. The van der Waals surface area contributed by atoms with Crippen molar-refractivity contribution in [1.82, 2.24) is 20.6 Å². The number of hydrogen-bond acceptors (Lipinski definition) is 7. The Hall–Kier alpha value is -2.52. The van der Waals surface area contributed by atoms with Crippen LogP contribution in [0.1, 0.15) is 56.8 Å². The number of nitrogens with one attached hydrogen (secondary N) is 1. The van der Waals surface area contributed by atoms with E-state index in [0.717, 1.165) is 37.9 Å². The number of unbranched alkanes of at least 4 members (excludes halogenated alkanes) is 2. The molecule has 1 atom stereocenters. The van der Waals surface area contributed by atoms with Crippen LogP contribution in [0.2, 0.25) is 0 Å². The predicted molar refractivity (Wildman–Crippen MR) is 113 cm³/mol. The van der Waals surface area contributed by atoms with E-state index in [1.807, 2.05) is 6.92 Å². The summed E-state index contributed by atoms with van der Waals surface area (Å²) in [5.74, 6) is 0.694. The summed E-state index contributed by atoms with van der Waals surface area (Å²) in [5.41, 5.74) is 0.511. The molecule has 3 rings (SSSR count). The standard InChI is InChI=1S/C21H28N4O4S/c1-16(29-13-6-2-3-12-21-22-24-25-23-21)8-7-10-19-15-18(26)14-17-9-4-5-11-20(17)30(19,27)28/h4-5,9,11,14-16,26H,2-3,6-8,10,12-13H2,1H3,(H,22,23,24,25). The first-order valence-electron chi connectivity index (χ1n) is 10.3. The monoisotopic (exact) mass is 432 g/mol. The summed E-state index contributed by atoms with van der Waals surface area (Å²) in [7, 11) is -3.60. The highest BCUT2D eigenvalue weighted by Gasteiger charge is 2.25. The highest BCUT2D eigenvalue weighted by Crippen LogP contribution is 2.31. The van der Waals surface area contributed by atoms with Gasteiger partial charge in [-0.05, 0) is 62.8 Å². The molecule has 0 spiro atoms. The quantitative estimate of drug-likeness (QED) is 0.519. The molecule has 1 aromatic carbocycles. The van der Waals surface area contributed by atoms with Gasteiger partial charge in [-0.2, -0.15) is 5.21 Å². The number of ether oxygens (including phenoxy) is 1. The number of aliphatic hydroxyl groups is 1. The maximum absolute atomic E-state index is 12.9. The number of tetrazole rings is 1. The number of benzene rings is 1. The molecular formula is C21H28N4O4S. The summed E-state index contributed by atoms with van der Waals surface area (Å²) in [4.78, 5) is 0.486. The Morgan fingerprint density at radius 1 is 1.10 bits per heavy atom. The summed E-state index contributed by atoms with van der Waals surface area (Å²) < 4.78 is 31.7. The maximum atomic E-state index is 12.9. The van der Waals surface area contributed by atoms with Gasteiger partial charge in [0.15, 0.2) is 5.82 Å². The van der Waals surface area contributed by atoms with Crippen molar-refractivity contribution in [2.75, 3.05) is 6.61 Å². The molecule has 1 aliphatic rings. The van der Waals surface area contributed by atoms with E-state index in [0.29, 0.717) is 25.0 Å². The van der Waals surface area contributed by atoms with Gasteiger partial charge in [-0.25, -0.2) is 8.42 Å². The van der Waals surface area contributed by atoms with Gasteiger partial charge >= 0.3 is 0 Å². The van der Waals surface area contributed by atoms with Gasteiger partial charge in [-0.1, -0.05) is 29.8 Å². The normalized spacial score (nSPS) is 16.3. The fraction of sp³-hybridized carbons (Fsp3) is 0.476. The number of nitrogens with zero attached hydrogens (tertiary/aromatic N) is 3. The third-order valence-corrected chi connectivity index (χ3v) is 7.00. The van der Waals surface area contributed by atoms with E-state index in [9.17, 15) is 13.5 Å². The number of rotatable bonds is 11. The molecule has 8 nitrogen and oxygen atoms in total. The summed E-state index contributed by atoms with van der Waals surface area (Å²) in [6, 6.07) is 6.73. The topological polar surface area (TPSA) is 118 Å². The molecule has 162 valence electrons. The molecule has 30 heavy (non-hydrogen) atoms. The Balaban J connectivity index is 1.39. The molecule has 0 radical (unpaired) electrons. The van der Waals surface area contributed by atoms with Gasteiger partial charge in [0.25, 0.3) is 0 Å². The van der Waals surface area contributed by atoms with Gasteiger partial charge in [0.1, 0.15) is 5.76 Å². The van der Waals surface area contributed by atoms with Crippen molar-refractivity contribution in [3.8, 4) is 0 Å². The predicted octanol–water partition coefficient (Wildman–Crippen LogP) is 3.76. The lowest BCUT2D eigenvalue weighted by atomic mass is 10.1. The van der Waals surface area contributed by atoms with E-state index in [-0.39, 0.29) is 21.7 Å². The number of H-pyrrole nitrogens is 1. The van der Waals surface area contributed by atoms with Crippen molar-refractivity contribution in [2.45, 2.75) is 62.9 Å². The second-order valence-corrected chi connectivity index (χ2v) is 9.40. The summed E-state index contributed by atoms with van der Waals surface area (Å²) >= 11 is 0. The van der Waals surface area contributed by atoms with Crippen LogP contribution >= 0.6 is 0 Å². The Morgan fingerprint density at radius 2 is 1.93 bits per heavy atom. The number of hydrogen-bond donors (Lipinski definition) is 2. The third-order valence-electron chi connectivity index (χ3n) is 5.04. The fourth-order valence-corrected chi connectivity index (χ4v) is 5.08. The van der Waals surface area contributed by atoms with Gasteiger partial charge in [0.05, 0.1) is 15.9 Å². The van der Waals surface area contributed by atoms with Crippen molar-refractivity contribution < 1.29 is 18.3 Å². The minimum Gasteiger partial charge on any atom is -0.508 e. The van der Waals surface area contributed by atoms with Crippen molar-refractivity contribution in [2.24, 2.45) is 0 Å². The Labute approximate surface area is 177 Å². The van der Waals surface area contributed by atoms with Gasteiger partial charge in [-0.3, -0.25) is 0 Å². The first-order chi connectivity index (χ1) is 14.5. The molecule has 2 heterocycles. The van der Waals surface area contributed by atoms with E-state index < -0.39 is 9.84 Å².